The summed E-state index contributed by atoms with van der Waals surface area (Å²) < 4.78 is 10.5. The number of carbonyl (C=O) groups is 3. The Balaban J connectivity index is 1.92. The number of nitrogens with two attached hydrogens (primary N) is 1. The van der Waals surface area contributed by atoms with Crippen molar-refractivity contribution in [2.45, 2.75) is 38.5 Å². The number of hydrogen-bond donors (Lipinski definition) is 2. The van der Waals surface area contributed by atoms with Crippen molar-refractivity contribution in [1.29, 1.82) is 0 Å². The maximum Gasteiger partial charge on any atom is 0.419 e. The third-order valence-corrected chi connectivity index (χ3v) is 4.32. The fourth-order valence-electron chi connectivity index (χ4n) is 2.61. The minimum absolute atomic E-state index is 0.0199. The van der Waals surface area contributed by atoms with Crippen LogP contribution in [0.2, 0.25) is 0 Å². The van der Waals surface area contributed by atoms with E-state index in [9.17, 15) is 14.4 Å². The van der Waals surface area contributed by atoms with E-state index in [4.69, 9.17) is 20.3 Å². The molecule has 2 aromatic carbocycles. The van der Waals surface area contributed by atoms with Gasteiger partial charge in [-0.05, 0) is 30.4 Å². The van der Waals surface area contributed by atoms with Crippen LogP contribution in [-0.2, 0) is 27.5 Å². The minimum atomic E-state index is -1.09. The molecule has 3 N–H and O–H groups in total. The van der Waals surface area contributed by atoms with Crippen LogP contribution in [0.5, 0.6) is 0 Å². The van der Waals surface area contributed by atoms with Crippen molar-refractivity contribution in [3.8, 4) is 0 Å². The van der Waals surface area contributed by atoms with E-state index in [1.807, 2.05) is 36.4 Å². The van der Waals surface area contributed by atoms with Crippen molar-refractivity contribution < 1.29 is 29.0 Å². The van der Waals surface area contributed by atoms with Gasteiger partial charge in [-0.1, -0.05) is 60.7 Å². The highest BCUT2D eigenvalue weighted by Crippen LogP contribution is 2.10. The number of nitrogens with zero attached hydrogens (tertiary/aromatic N) is 1. The topological polar surface area (TPSA) is 119 Å². The fourth-order valence-corrected chi connectivity index (χ4v) is 2.61. The van der Waals surface area contributed by atoms with Gasteiger partial charge in [-0.2, -0.15) is 0 Å². The van der Waals surface area contributed by atoms with E-state index in [1.54, 1.807) is 24.3 Å². The van der Waals surface area contributed by atoms with Gasteiger partial charge >= 0.3 is 18.2 Å². The summed E-state index contributed by atoms with van der Waals surface area (Å²) in [5, 5.41) is 8.84. The molecule has 2 rings (SSSR count). The number of aliphatic carboxylic acids is 1. The Kier molecular flexibility index (Phi) is 9.33. The zero-order chi connectivity index (χ0) is 21.8. The van der Waals surface area contributed by atoms with E-state index >= 15 is 0 Å². The maximum absolute atomic E-state index is 12.5. The molecule has 2 amide bonds. The predicted molar refractivity (Wildman–Crippen MR) is 109 cm³/mol. The first-order valence-electron chi connectivity index (χ1n) is 9.64. The number of hydrogen-bond acceptors (Lipinski definition) is 6. The Morgan fingerprint density at radius 1 is 0.833 bits per heavy atom. The zero-order valence-electron chi connectivity index (χ0n) is 16.6. The Morgan fingerprint density at radius 2 is 1.30 bits per heavy atom. The summed E-state index contributed by atoms with van der Waals surface area (Å²) in [6.45, 7) is 0.0750. The van der Waals surface area contributed by atoms with E-state index in [-0.39, 0.29) is 26.2 Å². The second-order valence-corrected chi connectivity index (χ2v) is 6.67. The van der Waals surface area contributed by atoms with Gasteiger partial charge < -0.3 is 20.3 Å². The molecule has 0 radical (unpaired) electrons. The summed E-state index contributed by atoms with van der Waals surface area (Å²) in [4.78, 5) is 36.7. The lowest BCUT2D eigenvalue weighted by Gasteiger charge is -2.20. The van der Waals surface area contributed by atoms with E-state index < -0.39 is 24.2 Å². The van der Waals surface area contributed by atoms with Crippen molar-refractivity contribution in [3.63, 3.8) is 0 Å². The first-order chi connectivity index (χ1) is 14.5. The van der Waals surface area contributed by atoms with Crippen LogP contribution in [0.25, 0.3) is 0 Å². The molecule has 0 aromatic heterocycles. The Hall–Kier alpha value is -3.39. The predicted octanol–water partition coefficient (Wildman–Crippen LogP) is 3.54. The zero-order valence-corrected chi connectivity index (χ0v) is 16.6. The highest BCUT2D eigenvalue weighted by molar-refractivity contribution is 5.87. The smallest absolute Gasteiger partial charge is 0.419 e. The van der Waals surface area contributed by atoms with E-state index in [2.05, 4.69) is 0 Å². The van der Waals surface area contributed by atoms with Gasteiger partial charge in [0, 0.05) is 6.54 Å². The molecule has 160 valence electrons. The largest absolute Gasteiger partial charge is 0.480 e. The van der Waals surface area contributed by atoms with Crippen LogP contribution in [0.4, 0.5) is 9.59 Å². The number of amides is 2. The quantitative estimate of drug-likeness (QED) is 0.571. The number of ether oxygens (including phenoxy) is 2. The lowest BCUT2D eigenvalue weighted by atomic mass is 10.1. The van der Waals surface area contributed by atoms with Crippen molar-refractivity contribution >= 4 is 18.2 Å². The van der Waals surface area contributed by atoms with Crippen LogP contribution in [-0.4, -0.2) is 40.7 Å². The maximum atomic E-state index is 12.5. The molecular formula is C22H26N2O6. The second-order valence-electron chi connectivity index (χ2n) is 6.67. The van der Waals surface area contributed by atoms with Crippen LogP contribution >= 0.6 is 0 Å². The minimum Gasteiger partial charge on any atom is -0.480 e. The molecule has 0 aliphatic rings. The molecule has 0 heterocycles. The summed E-state index contributed by atoms with van der Waals surface area (Å²) in [6, 6.07) is 17.2. The SMILES string of the molecule is N[C@@H](CCCCN(C(=O)OCc1ccccc1)C(=O)OCc1ccccc1)C(=O)O. The van der Waals surface area contributed by atoms with E-state index in [0.717, 1.165) is 16.0 Å². The summed E-state index contributed by atoms with van der Waals surface area (Å²) in [6.07, 6.45) is -0.593. The van der Waals surface area contributed by atoms with Gasteiger partial charge in [-0.25, -0.2) is 14.5 Å². The van der Waals surface area contributed by atoms with Gasteiger partial charge in [-0.15, -0.1) is 0 Å². The molecule has 0 saturated carbocycles. The van der Waals surface area contributed by atoms with Crippen LogP contribution in [0.1, 0.15) is 30.4 Å². The molecule has 8 heteroatoms. The summed E-state index contributed by atoms with van der Waals surface area (Å²) >= 11 is 0. The number of carboxylic acids is 1. The molecule has 0 bridgehead atoms. The number of unbranched alkanes of at least 4 members (excludes halogenated alkanes) is 1. The molecule has 0 fully saturated rings. The molecule has 0 aliphatic carbocycles. The molecule has 30 heavy (non-hydrogen) atoms. The van der Waals surface area contributed by atoms with Gasteiger partial charge in [0.2, 0.25) is 0 Å². The standard InChI is InChI=1S/C22H26N2O6/c23-19(20(25)26)13-7-8-14-24(21(27)29-15-17-9-3-1-4-10-17)22(28)30-16-18-11-5-2-6-12-18/h1-6,9-12,19H,7-8,13-16,23H2,(H,25,26)/t19-/m0/s1. The highest BCUT2D eigenvalue weighted by atomic mass is 16.6. The van der Waals surface area contributed by atoms with Crippen molar-refractivity contribution in [3.05, 3.63) is 71.8 Å². The molecule has 2 aromatic rings. The molecular weight excluding hydrogens is 388 g/mol. The van der Waals surface area contributed by atoms with Crippen molar-refractivity contribution in [2.24, 2.45) is 5.73 Å². The summed E-state index contributed by atoms with van der Waals surface area (Å²) in [7, 11) is 0. The Bertz CT molecular complexity index is 757. The number of carbonyl (C=O) groups excluding carboxylic acids is 2. The number of rotatable bonds is 10. The van der Waals surface area contributed by atoms with Gasteiger partial charge in [-0.3, -0.25) is 4.79 Å². The Morgan fingerprint density at radius 3 is 1.73 bits per heavy atom. The Labute approximate surface area is 175 Å². The van der Waals surface area contributed by atoms with Crippen LogP contribution < -0.4 is 5.73 Å². The van der Waals surface area contributed by atoms with E-state index in [1.165, 1.54) is 0 Å². The van der Waals surface area contributed by atoms with E-state index in [0.29, 0.717) is 12.8 Å². The van der Waals surface area contributed by atoms with Crippen molar-refractivity contribution in [1.82, 2.24) is 4.90 Å². The summed E-state index contributed by atoms with van der Waals surface area (Å²) in [5.74, 6) is -1.09. The molecule has 0 unspecified atom stereocenters. The van der Waals surface area contributed by atoms with Crippen LogP contribution in [0.15, 0.2) is 60.7 Å². The molecule has 0 aliphatic heterocycles. The average molecular weight is 414 g/mol. The molecule has 8 nitrogen and oxygen atoms in total. The number of carboxylic acid groups (broad SMARTS) is 1. The second kappa shape index (κ2) is 12.2. The highest BCUT2D eigenvalue weighted by Gasteiger charge is 2.24. The first kappa shape index (κ1) is 22.9. The lowest BCUT2D eigenvalue weighted by molar-refractivity contribution is -0.138. The van der Waals surface area contributed by atoms with Crippen LogP contribution in [0.3, 0.4) is 0 Å². The molecule has 0 spiro atoms. The normalized spacial score (nSPS) is 11.4. The molecule has 1 atom stereocenters. The summed E-state index contributed by atoms with van der Waals surface area (Å²) in [5.41, 5.74) is 7.06. The third kappa shape index (κ3) is 7.92. The van der Waals surface area contributed by atoms with Gasteiger partial charge in [0.05, 0.1) is 0 Å². The number of benzene rings is 2. The van der Waals surface area contributed by atoms with Crippen molar-refractivity contribution in [2.75, 3.05) is 6.54 Å². The average Bonchev–Trinajstić information content (AvgIpc) is 2.77. The van der Waals surface area contributed by atoms with Gasteiger partial charge in [0.1, 0.15) is 19.3 Å². The number of imide groups is 1. The van der Waals surface area contributed by atoms with Crippen LogP contribution in [0, 0.1) is 0 Å². The van der Waals surface area contributed by atoms with Gasteiger partial charge in [0.25, 0.3) is 0 Å². The van der Waals surface area contributed by atoms with Gasteiger partial charge in [0.15, 0.2) is 0 Å². The third-order valence-electron chi connectivity index (χ3n) is 4.32. The lowest BCUT2D eigenvalue weighted by Crippen LogP contribution is -2.38. The fraction of sp³-hybridized carbons (Fsp3) is 0.318. The first-order valence-corrected chi connectivity index (χ1v) is 9.64. The molecule has 0 saturated heterocycles. The monoisotopic (exact) mass is 414 g/mol.